The first-order valence-corrected chi connectivity index (χ1v) is 7.25. The van der Waals surface area contributed by atoms with Crippen LogP contribution in [0, 0.1) is 12.7 Å². The number of nitrogens with one attached hydrogen (secondary N) is 1. The van der Waals surface area contributed by atoms with E-state index in [1.54, 1.807) is 0 Å². The van der Waals surface area contributed by atoms with Crippen LogP contribution in [-0.2, 0) is 23.2 Å². The van der Waals surface area contributed by atoms with E-state index in [1.165, 1.54) is 26.1 Å². The van der Waals surface area contributed by atoms with Crippen LogP contribution in [0.2, 0.25) is 0 Å². The molecule has 1 aromatic carbocycles. The van der Waals surface area contributed by atoms with E-state index in [9.17, 15) is 28.7 Å². The van der Waals surface area contributed by atoms with Gasteiger partial charge in [-0.15, -0.1) is 0 Å². The lowest BCUT2D eigenvalue weighted by molar-refractivity contribution is -0.142. The first-order valence-electron chi connectivity index (χ1n) is 7.25. The molecule has 1 atom stereocenters. The van der Waals surface area contributed by atoms with Crippen molar-refractivity contribution in [3.8, 4) is 0 Å². The van der Waals surface area contributed by atoms with Gasteiger partial charge in [-0.05, 0) is 24.1 Å². The number of halogens is 1. The maximum Gasteiger partial charge on any atom is 0.331 e. The summed E-state index contributed by atoms with van der Waals surface area (Å²) in [5, 5.41) is 11.6. The number of hydrogen-bond acceptors (Lipinski definition) is 4. The highest BCUT2D eigenvalue weighted by Gasteiger charge is 2.23. The van der Waals surface area contributed by atoms with E-state index < -0.39 is 41.5 Å². The molecule has 8 nitrogen and oxygen atoms in total. The summed E-state index contributed by atoms with van der Waals surface area (Å²) < 4.78 is 15.1. The highest BCUT2D eigenvalue weighted by Crippen LogP contribution is 2.17. The Hall–Kier alpha value is -3.23. The van der Waals surface area contributed by atoms with Crippen LogP contribution in [0.3, 0.4) is 0 Å². The van der Waals surface area contributed by atoms with Crippen molar-refractivity contribution in [1.29, 1.82) is 0 Å². The first-order chi connectivity index (χ1) is 11.7. The maximum absolute atomic E-state index is 13.3. The molecule has 0 radical (unpaired) electrons. The zero-order valence-corrected chi connectivity index (χ0v) is 13.5. The zero-order chi connectivity index (χ0) is 18.7. The largest absolute Gasteiger partial charge is 0.479 e. The van der Waals surface area contributed by atoms with E-state index in [0.29, 0.717) is 0 Å². The van der Waals surface area contributed by atoms with Crippen molar-refractivity contribution in [2.24, 2.45) is 7.05 Å². The maximum atomic E-state index is 13.3. The summed E-state index contributed by atoms with van der Waals surface area (Å²) in [5.41, 5.74) is -0.779. The minimum atomic E-state index is -1.39. The Labute approximate surface area is 141 Å². The molecule has 25 heavy (non-hydrogen) atoms. The van der Waals surface area contributed by atoms with Gasteiger partial charge in [0.1, 0.15) is 12.4 Å². The quantitative estimate of drug-likeness (QED) is 0.785. The number of carboxylic acids is 1. The predicted molar refractivity (Wildman–Crippen MR) is 85.6 cm³/mol. The summed E-state index contributed by atoms with van der Waals surface area (Å²) >= 11 is 0. The highest BCUT2D eigenvalue weighted by atomic mass is 19.1. The van der Waals surface area contributed by atoms with Gasteiger partial charge in [0.05, 0.1) is 0 Å². The van der Waals surface area contributed by atoms with Gasteiger partial charge < -0.3 is 10.4 Å². The van der Waals surface area contributed by atoms with Gasteiger partial charge in [-0.1, -0.05) is 12.1 Å². The topological polar surface area (TPSA) is 110 Å². The molecule has 0 aliphatic rings. The number of amides is 1. The summed E-state index contributed by atoms with van der Waals surface area (Å²) in [6.45, 7) is 1.01. The molecule has 0 saturated carbocycles. The number of nitrogens with zero attached hydrogens (tertiary/aromatic N) is 2. The Kier molecular flexibility index (Phi) is 5.16. The number of benzene rings is 1. The molecule has 2 rings (SSSR count). The molecule has 132 valence electrons. The van der Waals surface area contributed by atoms with Crippen LogP contribution in [0.15, 0.2) is 40.1 Å². The Bertz CT molecular complexity index is 948. The van der Waals surface area contributed by atoms with Crippen molar-refractivity contribution in [2.75, 3.05) is 0 Å². The van der Waals surface area contributed by atoms with Crippen molar-refractivity contribution in [3.05, 3.63) is 68.2 Å². The summed E-state index contributed by atoms with van der Waals surface area (Å²) in [6, 6.07) is 3.43. The van der Waals surface area contributed by atoms with Crippen molar-refractivity contribution in [1.82, 2.24) is 14.5 Å². The molecule has 0 spiro atoms. The minimum Gasteiger partial charge on any atom is -0.479 e. The smallest absolute Gasteiger partial charge is 0.331 e. The van der Waals surface area contributed by atoms with Crippen molar-refractivity contribution in [3.63, 3.8) is 0 Å². The SMILES string of the molecule is Cc1cc(C(NC(=O)Cn2ccc(=O)n(C)c2=O)C(=O)O)ccc1F. The number of carboxylic acid groups (broad SMARTS) is 1. The number of carbonyl (C=O) groups is 2. The third-order valence-electron chi connectivity index (χ3n) is 3.64. The predicted octanol–water partition coefficient (Wildman–Crippen LogP) is -0.0634. The van der Waals surface area contributed by atoms with E-state index in [1.807, 2.05) is 0 Å². The molecule has 0 aliphatic carbocycles. The van der Waals surface area contributed by atoms with Gasteiger partial charge in [-0.3, -0.25) is 18.7 Å². The molecule has 9 heteroatoms. The highest BCUT2D eigenvalue weighted by molar-refractivity contribution is 5.84. The molecular formula is C16H16FN3O5. The van der Waals surface area contributed by atoms with Crippen LogP contribution >= 0.6 is 0 Å². The van der Waals surface area contributed by atoms with Crippen LogP contribution in [0.5, 0.6) is 0 Å². The van der Waals surface area contributed by atoms with Crippen molar-refractivity contribution < 1.29 is 19.1 Å². The van der Waals surface area contributed by atoms with Crippen LogP contribution in [-0.4, -0.2) is 26.1 Å². The Balaban J connectivity index is 2.23. The lowest BCUT2D eigenvalue weighted by Gasteiger charge is -2.16. The Morgan fingerprint density at radius 1 is 1.28 bits per heavy atom. The normalized spacial score (nSPS) is 11.8. The molecule has 1 amide bonds. The molecule has 0 fully saturated rings. The van der Waals surface area contributed by atoms with Crippen molar-refractivity contribution >= 4 is 11.9 Å². The van der Waals surface area contributed by atoms with Gasteiger partial charge in [-0.25, -0.2) is 14.0 Å². The molecule has 1 unspecified atom stereocenters. The number of aryl methyl sites for hydroxylation is 1. The first kappa shape index (κ1) is 18.1. The van der Waals surface area contributed by atoms with Gasteiger partial charge in [0.2, 0.25) is 5.91 Å². The number of aromatic nitrogens is 2. The Morgan fingerprint density at radius 2 is 1.96 bits per heavy atom. The molecule has 0 bridgehead atoms. The summed E-state index contributed by atoms with van der Waals surface area (Å²) in [5.74, 6) is -2.56. The van der Waals surface area contributed by atoms with E-state index in [2.05, 4.69) is 5.32 Å². The monoisotopic (exact) mass is 349 g/mol. The van der Waals surface area contributed by atoms with Crippen LogP contribution in [0.25, 0.3) is 0 Å². The van der Waals surface area contributed by atoms with E-state index in [4.69, 9.17) is 0 Å². The molecular weight excluding hydrogens is 333 g/mol. The Morgan fingerprint density at radius 3 is 2.56 bits per heavy atom. The fraction of sp³-hybridized carbons (Fsp3) is 0.250. The zero-order valence-electron chi connectivity index (χ0n) is 13.5. The molecule has 1 aromatic heterocycles. The molecule has 1 heterocycles. The van der Waals surface area contributed by atoms with Crippen LogP contribution in [0.1, 0.15) is 17.2 Å². The van der Waals surface area contributed by atoms with E-state index in [-0.39, 0.29) is 11.1 Å². The average Bonchev–Trinajstić information content (AvgIpc) is 2.55. The molecule has 2 N–H and O–H groups in total. The number of carbonyl (C=O) groups excluding carboxylic acids is 1. The molecule has 2 aromatic rings. The summed E-state index contributed by atoms with van der Waals surface area (Å²) in [4.78, 5) is 46.7. The lowest BCUT2D eigenvalue weighted by atomic mass is 10.0. The number of aliphatic carboxylic acids is 1. The van der Waals surface area contributed by atoms with Gasteiger partial charge in [0.15, 0.2) is 6.04 Å². The van der Waals surface area contributed by atoms with Gasteiger partial charge in [-0.2, -0.15) is 0 Å². The third-order valence-corrected chi connectivity index (χ3v) is 3.64. The van der Waals surface area contributed by atoms with Gasteiger partial charge in [0.25, 0.3) is 5.56 Å². The average molecular weight is 349 g/mol. The second-order valence-electron chi connectivity index (χ2n) is 5.47. The lowest BCUT2D eigenvalue weighted by Crippen LogP contribution is -2.42. The van der Waals surface area contributed by atoms with Gasteiger partial charge in [0, 0.05) is 19.3 Å². The summed E-state index contributed by atoms with van der Waals surface area (Å²) in [6.07, 6.45) is 1.15. The second kappa shape index (κ2) is 7.12. The second-order valence-corrected chi connectivity index (χ2v) is 5.47. The fourth-order valence-electron chi connectivity index (χ4n) is 2.23. The standard InChI is InChI=1S/C16H16FN3O5/c1-9-7-10(3-4-11(9)17)14(15(23)24)18-12(21)8-20-6-5-13(22)19(2)16(20)25/h3-7,14H,8H2,1-2H3,(H,18,21)(H,23,24). The number of hydrogen-bond donors (Lipinski definition) is 2. The minimum absolute atomic E-state index is 0.201. The molecule has 0 aliphatic heterocycles. The fourth-order valence-corrected chi connectivity index (χ4v) is 2.23. The summed E-state index contributed by atoms with van der Waals surface area (Å²) in [7, 11) is 1.26. The van der Waals surface area contributed by atoms with Crippen LogP contribution < -0.4 is 16.6 Å². The number of rotatable bonds is 5. The van der Waals surface area contributed by atoms with Crippen LogP contribution in [0.4, 0.5) is 4.39 Å². The van der Waals surface area contributed by atoms with Gasteiger partial charge >= 0.3 is 11.7 Å². The van der Waals surface area contributed by atoms with Crippen molar-refractivity contribution in [2.45, 2.75) is 19.5 Å². The van der Waals surface area contributed by atoms with E-state index in [0.717, 1.165) is 27.5 Å². The van der Waals surface area contributed by atoms with E-state index >= 15 is 0 Å². The third kappa shape index (κ3) is 4.00. The molecule has 0 saturated heterocycles.